The lowest BCUT2D eigenvalue weighted by molar-refractivity contribution is 0.0375. The van der Waals surface area contributed by atoms with Crippen molar-refractivity contribution in [3.05, 3.63) is 16.1 Å². The molecule has 1 aromatic heterocycles. The van der Waals surface area contributed by atoms with Gasteiger partial charge >= 0.3 is 0 Å². The lowest BCUT2D eigenvalue weighted by Crippen LogP contribution is -2.56. The van der Waals surface area contributed by atoms with Crippen molar-refractivity contribution in [1.29, 1.82) is 0 Å². The molecule has 1 unspecified atom stereocenters. The van der Waals surface area contributed by atoms with Gasteiger partial charge in [0.05, 0.1) is 11.2 Å². The van der Waals surface area contributed by atoms with E-state index in [1.807, 2.05) is 11.8 Å². The molecule has 2 heterocycles. The van der Waals surface area contributed by atoms with Crippen LogP contribution < -0.4 is 0 Å². The number of carbonyl (C=O) groups is 1. The number of nitrogens with zero attached hydrogens (tertiary/aromatic N) is 3. The summed E-state index contributed by atoms with van der Waals surface area (Å²) >= 11 is 1.49. The number of aromatic nitrogens is 1. The van der Waals surface area contributed by atoms with Crippen LogP contribution in [0.4, 0.5) is 0 Å². The highest BCUT2D eigenvalue weighted by atomic mass is 32.1. The van der Waals surface area contributed by atoms with Gasteiger partial charge in [-0.05, 0) is 27.2 Å². The summed E-state index contributed by atoms with van der Waals surface area (Å²) < 4.78 is 0. The molecule has 1 amide bonds. The van der Waals surface area contributed by atoms with E-state index in [0.717, 1.165) is 35.9 Å². The van der Waals surface area contributed by atoms with Crippen molar-refractivity contribution in [2.24, 2.45) is 0 Å². The van der Waals surface area contributed by atoms with E-state index in [2.05, 4.69) is 30.7 Å². The summed E-state index contributed by atoms with van der Waals surface area (Å²) in [5, 5.41) is 0.955. The fourth-order valence-electron chi connectivity index (χ4n) is 2.71. The summed E-state index contributed by atoms with van der Waals surface area (Å²) in [5.74, 6) is 0.146. The monoisotopic (exact) mass is 281 g/mol. The Labute approximate surface area is 119 Å². The number of aryl methyl sites for hydroxylation is 1. The van der Waals surface area contributed by atoms with Crippen molar-refractivity contribution in [2.45, 2.75) is 46.2 Å². The van der Waals surface area contributed by atoms with Crippen molar-refractivity contribution in [2.75, 3.05) is 19.6 Å². The Morgan fingerprint density at radius 2 is 2.26 bits per heavy atom. The van der Waals surface area contributed by atoms with E-state index in [9.17, 15) is 4.79 Å². The lowest BCUT2D eigenvalue weighted by atomic mass is 10.1. The zero-order chi connectivity index (χ0) is 14.0. The van der Waals surface area contributed by atoms with Crippen LogP contribution >= 0.6 is 11.3 Å². The SMILES string of the molecule is CCC1CN(C(=O)c2cnc(C)s2)CCN1C(C)C. The Morgan fingerprint density at radius 1 is 1.53 bits per heavy atom. The number of amides is 1. The molecule has 1 aromatic rings. The number of hydrogen-bond donors (Lipinski definition) is 0. The second kappa shape index (κ2) is 6.01. The maximum Gasteiger partial charge on any atom is 0.265 e. The highest BCUT2D eigenvalue weighted by Crippen LogP contribution is 2.20. The second-order valence-corrected chi connectivity index (χ2v) is 6.62. The predicted molar refractivity (Wildman–Crippen MR) is 78.7 cm³/mol. The van der Waals surface area contributed by atoms with Crippen molar-refractivity contribution < 1.29 is 4.79 Å². The Morgan fingerprint density at radius 3 is 2.79 bits per heavy atom. The van der Waals surface area contributed by atoms with Crippen molar-refractivity contribution >= 4 is 17.2 Å². The number of piperazine rings is 1. The van der Waals surface area contributed by atoms with Gasteiger partial charge in [-0.25, -0.2) is 4.98 Å². The van der Waals surface area contributed by atoms with Crippen LogP contribution in [-0.4, -0.2) is 52.4 Å². The molecule has 2 rings (SSSR count). The van der Waals surface area contributed by atoms with Gasteiger partial charge in [0.1, 0.15) is 4.88 Å². The third kappa shape index (κ3) is 3.15. The molecule has 19 heavy (non-hydrogen) atoms. The van der Waals surface area contributed by atoms with Gasteiger partial charge in [-0.3, -0.25) is 9.69 Å². The van der Waals surface area contributed by atoms with Crippen LogP contribution in [0.2, 0.25) is 0 Å². The van der Waals surface area contributed by atoms with Gasteiger partial charge in [0.2, 0.25) is 0 Å². The largest absolute Gasteiger partial charge is 0.335 e. The first kappa shape index (κ1) is 14.5. The van der Waals surface area contributed by atoms with Gasteiger partial charge in [-0.1, -0.05) is 6.92 Å². The third-order valence-corrected chi connectivity index (χ3v) is 4.68. The first-order valence-corrected chi connectivity index (χ1v) is 7.82. The Kier molecular flexibility index (Phi) is 4.58. The topological polar surface area (TPSA) is 36.4 Å². The molecule has 0 radical (unpaired) electrons. The van der Waals surface area contributed by atoms with E-state index in [1.54, 1.807) is 6.20 Å². The summed E-state index contributed by atoms with van der Waals surface area (Å²) in [6, 6.07) is 1.03. The van der Waals surface area contributed by atoms with Crippen molar-refractivity contribution in [3.8, 4) is 0 Å². The van der Waals surface area contributed by atoms with E-state index in [4.69, 9.17) is 0 Å². The normalized spacial score (nSPS) is 21.1. The molecule has 0 N–H and O–H groups in total. The molecular weight excluding hydrogens is 258 g/mol. The second-order valence-electron chi connectivity index (χ2n) is 5.39. The zero-order valence-electron chi connectivity index (χ0n) is 12.2. The minimum Gasteiger partial charge on any atom is -0.335 e. The molecule has 1 atom stereocenters. The van der Waals surface area contributed by atoms with E-state index in [-0.39, 0.29) is 5.91 Å². The van der Waals surface area contributed by atoms with Gasteiger partial charge in [0, 0.05) is 31.7 Å². The summed E-state index contributed by atoms with van der Waals surface area (Å²) in [5.41, 5.74) is 0. The zero-order valence-corrected chi connectivity index (χ0v) is 13.0. The fraction of sp³-hybridized carbons (Fsp3) is 0.714. The molecule has 1 aliphatic heterocycles. The van der Waals surface area contributed by atoms with Crippen LogP contribution in [0.15, 0.2) is 6.20 Å². The van der Waals surface area contributed by atoms with Crippen LogP contribution in [0, 0.1) is 6.92 Å². The van der Waals surface area contributed by atoms with E-state index in [0.29, 0.717) is 12.1 Å². The summed E-state index contributed by atoms with van der Waals surface area (Å²) in [6.07, 6.45) is 2.79. The summed E-state index contributed by atoms with van der Waals surface area (Å²) in [6.45, 7) is 11.2. The molecule has 0 spiro atoms. The molecule has 1 fully saturated rings. The molecule has 0 saturated carbocycles. The van der Waals surface area contributed by atoms with Crippen molar-refractivity contribution in [3.63, 3.8) is 0 Å². The van der Waals surface area contributed by atoms with Crippen LogP contribution in [0.1, 0.15) is 41.9 Å². The molecule has 1 aliphatic rings. The Bertz CT molecular complexity index is 444. The molecule has 0 bridgehead atoms. The van der Waals surface area contributed by atoms with E-state index >= 15 is 0 Å². The molecule has 4 nitrogen and oxygen atoms in total. The maximum absolute atomic E-state index is 12.4. The Balaban J connectivity index is 2.05. The molecular formula is C14H23N3OS. The summed E-state index contributed by atoms with van der Waals surface area (Å²) in [7, 11) is 0. The average Bonchev–Trinajstić information content (AvgIpc) is 2.83. The van der Waals surface area contributed by atoms with E-state index < -0.39 is 0 Å². The molecule has 0 aliphatic carbocycles. The van der Waals surface area contributed by atoms with Gasteiger partial charge in [-0.2, -0.15) is 0 Å². The predicted octanol–water partition coefficient (Wildman–Crippen LogP) is 2.40. The van der Waals surface area contributed by atoms with Crippen LogP contribution in [0.25, 0.3) is 0 Å². The van der Waals surface area contributed by atoms with Gasteiger partial charge in [0.25, 0.3) is 5.91 Å². The third-order valence-electron chi connectivity index (χ3n) is 3.78. The van der Waals surface area contributed by atoms with Crippen LogP contribution in [0.5, 0.6) is 0 Å². The van der Waals surface area contributed by atoms with Crippen molar-refractivity contribution in [1.82, 2.24) is 14.8 Å². The minimum atomic E-state index is 0.146. The Hall–Kier alpha value is -0.940. The first-order valence-electron chi connectivity index (χ1n) is 7.00. The quantitative estimate of drug-likeness (QED) is 0.853. The fourth-order valence-corrected chi connectivity index (χ4v) is 3.46. The molecule has 1 saturated heterocycles. The summed E-state index contributed by atoms with van der Waals surface area (Å²) in [4.78, 5) is 21.9. The van der Waals surface area contributed by atoms with Gasteiger partial charge < -0.3 is 4.90 Å². The van der Waals surface area contributed by atoms with Gasteiger partial charge in [0.15, 0.2) is 0 Å². The highest BCUT2D eigenvalue weighted by molar-refractivity contribution is 7.13. The average molecular weight is 281 g/mol. The number of rotatable bonds is 3. The molecule has 0 aromatic carbocycles. The van der Waals surface area contributed by atoms with Crippen LogP contribution in [-0.2, 0) is 0 Å². The smallest absolute Gasteiger partial charge is 0.265 e. The number of thiazole rings is 1. The number of hydrogen-bond acceptors (Lipinski definition) is 4. The molecule has 106 valence electrons. The standard InChI is InChI=1S/C14H23N3OS/c1-5-12-9-16(6-7-17(12)10(2)3)14(18)13-8-15-11(4)19-13/h8,10,12H,5-7,9H2,1-4H3. The first-order chi connectivity index (χ1) is 9.02. The lowest BCUT2D eigenvalue weighted by Gasteiger charge is -2.43. The maximum atomic E-state index is 12.4. The van der Waals surface area contributed by atoms with Gasteiger partial charge in [-0.15, -0.1) is 11.3 Å². The molecule has 5 heteroatoms. The van der Waals surface area contributed by atoms with Crippen LogP contribution in [0.3, 0.4) is 0 Å². The number of carbonyl (C=O) groups excluding carboxylic acids is 1. The van der Waals surface area contributed by atoms with E-state index in [1.165, 1.54) is 11.3 Å². The minimum absolute atomic E-state index is 0.146. The highest BCUT2D eigenvalue weighted by Gasteiger charge is 2.30.